The fourth-order valence-corrected chi connectivity index (χ4v) is 2.61. The van der Waals surface area contributed by atoms with E-state index in [2.05, 4.69) is 10.3 Å². The lowest BCUT2D eigenvalue weighted by atomic mass is 10.1. The highest BCUT2D eigenvalue weighted by atomic mass is 32.1. The highest BCUT2D eigenvalue weighted by Gasteiger charge is 2.29. The number of aromatic nitrogens is 1. The van der Waals surface area contributed by atoms with E-state index in [1.54, 1.807) is 6.20 Å². The van der Waals surface area contributed by atoms with Gasteiger partial charge in [0.25, 0.3) is 0 Å². The van der Waals surface area contributed by atoms with E-state index in [1.165, 1.54) is 23.5 Å². The Morgan fingerprint density at radius 1 is 1.33 bits per heavy atom. The quantitative estimate of drug-likeness (QED) is 0.918. The molecule has 5 heteroatoms. The molecule has 0 radical (unpaired) electrons. The van der Waals surface area contributed by atoms with Crippen LogP contribution in [0, 0.1) is 11.6 Å². The first-order chi connectivity index (χ1) is 8.74. The maximum absolute atomic E-state index is 13.9. The Morgan fingerprint density at radius 2 is 2.17 bits per heavy atom. The highest BCUT2D eigenvalue weighted by Crippen LogP contribution is 2.31. The van der Waals surface area contributed by atoms with E-state index in [-0.39, 0.29) is 6.04 Å². The minimum Gasteiger partial charge on any atom is -0.301 e. The van der Waals surface area contributed by atoms with Crippen molar-refractivity contribution in [2.24, 2.45) is 0 Å². The third kappa shape index (κ3) is 2.42. The Balaban J connectivity index is 1.96. The van der Waals surface area contributed by atoms with Gasteiger partial charge in [-0.15, -0.1) is 11.3 Å². The summed E-state index contributed by atoms with van der Waals surface area (Å²) in [5.74, 6) is -1.08. The Morgan fingerprint density at radius 3 is 2.78 bits per heavy atom. The van der Waals surface area contributed by atoms with E-state index in [9.17, 15) is 8.78 Å². The van der Waals surface area contributed by atoms with Crippen LogP contribution in [0.1, 0.15) is 29.5 Å². The molecule has 0 spiro atoms. The molecule has 2 nitrogen and oxygen atoms in total. The second-order valence-electron chi connectivity index (χ2n) is 4.41. The first-order valence-electron chi connectivity index (χ1n) is 5.84. The van der Waals surface area contributed by atoms with Crippen molar-refractivity contribution in [1.82, 2.24) is 10.3 Å². The molecule has 0 bridgehead atoms. The van der Waals surface area contributed by atoms with Crippen LogP contribution in [0.15, 0.2) is 29.8 Å². The van der Waals surface area contributed by atoms with Gasteiger partial charge in [0, 0.05) is 29.2 Å². The van der Waals surface area contributed by atoms with Crippen LogP contribution in [0.4, 0.5) is 8.78 Å². The van der Waals surface area contributed by atoms with Crippen LogP contribution in [0.2, 0.25) is 0 Å². The predicted molar refractivity (Wildman–Crippen MR) is 66.5 cm³/mol. The molecule has 1 aliphatic rings. The average molecular weight is 266 g/mol. The molecule has 3 rings (SSSR count). The summed E-state index contributed by atoms with van der Waals surface area (Å²) in [5.41, 5.74) is 0.457. The summed E-state index contributed by atoms with van der Waals surface area (Å²) in [5, 5.41) is 6.03. The van der Waals surface area contributed by atoms with Crippen molar-refractivity contribution >= 4 is 11.3 Å². The molecule has 1 atom stereocenters. The van der Waals surface area contributed by atoms with E-state index in [0.717, 1.165) is 23.9 Å². The zero-order valence-electron chi connectivity index (χ0n) is 9.57. The summed E-state index contributed by atoms with van der Waals surface area (Å²) >= 11 is 1.47. The summed E-state index contributed by atoms with van der Waals surface area (Å²) in [4.78, 5) is 4.23. The number of hydrogen-bond donors (Lipinski definition) is 1. The second-order valence-corrected chi connectivity index (χ2v) is 5.34. The Labute approximate surface area is 108 Å². The van der Waals surface area contributed by atoms with Crippen LogP contribution in [0.5, 0.6) is 0 Å². The molecular weight excluding hydrogens is 254 g/mol. The molecule has 1 aliphatic carbocycles. The van der Waals surface area contributed by atoms with Gasteiger partial charge in [0.1, 0.15) is 16.6 Å². The van der Waals surface area contributed by atoms with E-state index in [0.29, 0.717) is 11.6 Å². The zero-order chi connectivity index (χ0) is 12.5. The van der Waals surface area contributed by atoms with Gasteiger partial charge in [0.05, 0.1) is 6.04 Å². The maximum Gasteiger partial charge on any atom is 0.131 e. The third-order valence-corrected chi connectivity index (χ3v) is 3.79. The van der Waals surface area contributed by atoms with Gasteiger partial charge in [-0.2, -0.15) is 0 Å². The molecule has 0 amide bonds. The van der Waals surface area contributed by atoms with Crippen LogP contribution in [-0.4, -0.2) is 11.0 Å². The fraction of sp³-hybridized carbons (Fsp3) is 0.308. The molecule has 18 heavy (non-hydrogen) atoms. The van der Waals surface area contributed by atoms with Gasteiger partial charge in [-0.05, 0) is 18.9 Å². The largest absolute Gasteiger partial charge is 0.301 e. The molecule has 0 aliphatic heterocycles. The number of hydrogen-bond acceptors (Lipinski definition) is 3. The Kier molecular flexibility index (Phi) is 3.09. The molecule has 0 saturated heterocycles. The van der Waals surface area contributed by atoms with Gasteiger partial charge >= 0.3 is 0 Å². The number of benzene rings is 1. The summed E-state index contributed by atoms with van der Waals surface area (Å²) in [6, 6.07) is 3.84. The number of nitrogens with zero attached hydrogens (tertiary/aromatic N) is 1. The molecule has 2 aromatic rings. The van der Waals surface area contributed by atoms with Crippen molar-refractivity contribution in [1.29, 1.82) is 0 Å². The summed E-state index contributed by atoms with van der Waals surface area (Å²) in [6.07, 6.45) is 3.90. The molecule has 1 aromatic heterocycles. The minimum absolute atomic E-state index is 0.280. The molecule has 1 fully saturated rings. The molecule has 1 unspecified atom stereocenters. The highest BCUT2D eigenvalue weighted by molar-refractivity contribution is 7.09. The fourth-order valence-electron chi connectivity index (χ4n) is 1.89. The third-order valence-electron chi connectivity index (χ3n) is 2.95. The lowest BCUT2D eigenvalue weighted by Crippen LogP contribution is -2.25. The molecule has 1 saturated carbocycles. The van der Waals surface area contributed by atoms with E-state index >= 15 is 0 Å². The van der Waals surface area contributed by atoms with Gasteiger partial charge in [0.2, 0.25) is 0 Å². The van der Waals surface area contributed by atoms with Crippen LogP contribution in [-0.2, 0) is 0 Å². The summed E-state index contributed by atoms with van der Waals surface area (Å²) in [6.45, 7) is 0. The Hall–Kier alpha value is -1.33. The van der Waals surface area contributed by atoms with E-state index in [4.69, 9.17) is 0 Å². The zero-order valence-corrected chi connectivity index (χ0v) is 10.4. The summed E-state index contributed by atoms with van der Waals surface area (Å²) < 4.78 is 26.8. The van der Waals surface area contributed by atoms with E-state index in [1.807, 2.05) is 5.38 Å². The topological polar surface area (TPSA) is 24.9 Å². The van der Waals surface area contributed by atoms with Crippen LogP contribution < -0.4 is 5.32 Å². The van der Waals surface area contributed by atoms with Crippen LogP contribution >= 0.6 is 11.3 Å². The number of nitrogens with one attached hydrogen (secondary N) is 1. The first kappa shape index (κ1) is 11.7. The van der Waals surface area contributed by atoms with Crippen molar-refractivity contribution < 1.29 is 8.78 Å². The standard InChI is InChI=1S/C13H12F2N2S/c14-8-1-4-10(11(15)7-8)12(17-9-2-3-9)13-16-5-6-18-13/h1,4-7,9,12,17H,2-3H2. The monoisotopic (exact) mass is 266 g/mol. The number of halogens is 2. The maximum atomic E-state index is 13.9. The van der Waals surface area contributed by atoms with Gasteiger partial charge < -0.3 is 5.32 Å². The van der Waals surface area contributed by atoms with Gasteiger partial charge in [0.15, 0.2) is 0 Å². The number of thiazole rings is 1. The molecular formula is C13H12F2N2S. The normalized spacial score (nSPS) is 16.8. The van der Waals surface area contributed by atoms with Crippen molar-refractivity contribution in [3.8, 4) is 0 Å². The van der Waals surface area contributed by atoms with Crippen molar-refractivity contribution in [2.75, 3.05) is 0 Å². The van der Waals surface area contributed by atoms with Crippen LogP contribution in [0.3, 0.4) is 0 Å². The lowest BCUT2D eigenvalue weighted by molar-refractivity contribution is 0.531. The molecule has 1 N–H and O–H groups in total. The van der Waals surface area contributed by atoms with Crippen molar-refractivity contribution in [2.45, 2.75) is 24.9 Å². The second kappa shape index (κ2) is 4.74. The Bertz CT molecular complexity index is 538. The SMILES string of the molecule is Fc1ccc(C(NC2CC2)c2nccs2)c(F)c1. The molecule has 1 heterocycles. The minimum atomic E-state index is -0.555. The summed E-state index contributed by atoms with van der Waals surface area (Å²) in [7, 11) is 0. The molecule has 1 aromatic carbocycles. The smallest absolute Gasteiger partial charge is 0.131 e. The van der Waals surface area contributed by atoms with Crippen molar-refractivity contribution in [3.05, 3.63) is 52.0 Å². The predicted octanol–water partition coefficient (Wildman–Crippen LogP) is 3.26. The van der Waals surface area contributed by atoms with Crippen molar-refractivity contribution in [3.63, 3.8) is 0 Å². The lowest BCUT2D eigenvalue weighted by Gasteiger charge is -2.17. The van der Waals surface area contributed by atoms with Gasteiger partial charge in [-0.1, -0.05) is 6.07 Å². The van der Waals surface area contributed by atoms with Crippen LogP contribution in [0.25, 0.3) is 0 Å². The average Bonchev–Trinajstić information content (AvgIpc) is 3.00. The first-order valence-corrected chi connectivity index (χ1v) is 6.72. The van der Waals surface area contributed by atoms with Gasteiger partial charge in [-0.25, -0.2) is 13.8 Å². The molecule has 94 valence electrons. The van der Waals surface area contributed by atoms with Gasteiger partial charge in [-0.3, -0.25) is 0 Å². The van der Waals surface area contributed by atoms with E-state index < -0.39 is 11.6 Å². The number of rotatable bonds is 4.